The van der Waals surface area contributed by atoms with Gasteiger partial charge < -0.3 is 14.6 Å². The molecule has 0 saturated carbocycles. The molecular weight excluding hydrogens is 403 g/mol. The van der Waals surface area contributed by atoms with Gasteiger partial charge in [-0.15, -0.1) is 0 Å². The number of carboxylic acid groups (broad SMARTS) is 1. The van der Waals surface area contributed by atoms with Gasteiger partial charge in [-0.2, -0.15) is 0 Å². The van der Waals surface area contributed by atoms with E-state index >= 15 is 0 Å². The van der Waals surface area contributed by atoms with Crippen molar-refractivity contribution in [3.05, 3.63) is 115 Å². The lowest BCUT2D eigenvalue weighted by atomic mass is 10.3. The van der Waals surface area contributed by atoms with Gasteiger partial charge in [0, 0.05) is 5.97 Å². The molecule has 0 aliphatic rings. The Kier molecular flexibility index (Phi) is 7.59. The van der Waals surface area contributed by atoms with Crippen LogP contribution in [0.25, 0.3) is 0 Å². The summed E-state index contributed by atoms with van der Waals surface area (Å²) in [5.74, 6) is -0.151. The van der Waals surface area contributed by atoms with Crippen LogP contribution in [0.4, 0.5) is 0 Å². The second kappa shape index (κ2) is 10.6. The third-order valence-electron chi connectivity index (χ3n) is 4.88. The van der Waals surface area contributed by atoms with E-state index in [2.05, 4.69) is 109 Å². The molecule has 31 heavy (non-hydrogen) atoms. The highest BCUT2D eigenvalue weighted by atomic mass is 31.2. The molecule has 0 saturated heterocycles. The highest BCUT2D eigenvalue weighted by Crippen LogP contribution is 2.55. The number of carbonyl (C=O) groups is 1. The summed E-state index contributed by atoms with van der Waals surface area (Å²) in [7, 11) is -0.326. The van der Waals surface area contributed by atoms with Crippen LogP contribution in [-0.4, -0.2) is 13.1 Å². The number of hydrogen-bond donors (Lipinski definition) is 0. The SMILES string of the molecule is CC(=O)[O-].COc1ccccc1[P+](c1ccccc1)(c1ccccc1)c1ccccc1. The molecule has 0 radical (unpaired) electrons. The Morgan fingerprint density at radius 1 is 0.645 bits per heavy atom. The van der Waals surface area contributed by atoms with E-state index in [-0.39, 0.29) is 0 Å². The molecule has 0 unspecified atom stereocenters. The van der Waals surface area contributed by atoms with Gasteiger partial charge in [0.05, 0.1) is 7.11 Å². The molecule has 0 amide bonds. The van der Waals surface area contributed by atoms with Gasteiger partial charge in [-0.3, -0.25) is 0 Å². The predicted octanol–water partition coefficient (Wildman–Crippen LogP) is 3.07. The van der Waals surface area contributed by atoms with E-state index in [1.807, 2.05) is 6.07 Å². The van der Waals surface area contributed by atoms with Crippen LogP contribution in [0.2, 0.25) is 0 Å². The smallest absolute Gasteiger partial charge is 0.162 e. The van der Waals surface area contributed by atoms with Gasteiger partial charge in [0.1, 0.15) is 23.2 Å². The topological polar surface area (TPSA) is 49.4 Å². The predicted molar refractivity (Wildman–Crippen MR) is 128 cm³/mol. The van der Waals surface area contributed by atoms with Gasteiger partial charge in [0.25, 0.3) is 0 Å². The summed E-state index contributed by atoms with van der Waals surface area (Å²) in [5, 5.41) is 14.1. The molecule has 0 aromatic heterocycles. The minimum atomic E-state index is -2.08. The molecule has 0 aliphatic heterocycles. The highest BCUT2D eigenvalue weighted by Gasteiger charge is 2.49. The molecule has 4 aromatic carbocycles. The van der Waals surface area contributed by atoms with Crippen LogP contribution >= 0.6 is 7.26 Å². The standard InChI is InChI=1S/C25H22OP.C2H4O2/c1-26-24-19-11-12-20-25(24)27(21-13-5-2-6-14-21,22-15-7-3-8-16-22)23-17-9-4-10-18-23;1-2(3)4/h2-20H,1H3;1H3,(H,3,4)/q+1;/p-1. The van der Waals surface area contributed by atoms with E-state index in [4.69, 9.17) is 14.6 Å². The van der Waals surface area contributed by atoms with Crippen LogP contribution < -0.4 is 31.1 Å². The number of methoxy groups -OCH3 is 1. The zero-order valence-corrected chi connectivity index (χ0v) is 18.5. The van der Waals surface area contributed by atoms with Gasteiger partial charge in [0.2, 0.25) is 0 Å². The summed E-state index contributed by atoms with van der Waals surface area (Å²) in [4.78, 5) is 8.89. The summed E-state index contributed by atoms with van der Waals surface area (Å²) < 4.78 is 5.84. The van der Waals surface area contributed by atoms with E-state index in [1.165, 1.54) is 21.2 Å². The molecule has 0 atom stereocenters. The maximum absolute atomic E-state index is 8.89. The third kappa shape index (κ3) is 4.84. The van der Waals surface area contributed by atoms with Crippen molar-refractivity contribution in [3.63, 3.8) is 0 Å². The first-order valence-corrected chi connectivity index (χ1v) is 11.8. The zero-order chi connectivity index (χ0) is 22.1. The number of benzene rings is 4. The fourth-order valence-electron chi connectivity index (χ4n) is 3.73. The van der Waals surface area contributed by atoms with Crippen molar-refractivity contribution < 1.29 is 14.6 Å². The fourth-order valence-corrected chi connectivity index (χ4v) is 8.12. The molecule has 0 aliphatic carbocycles. The number of aliphatic carboxylic acids is 1. The van der Waals surface area contributed by atoms with Gasteiger partial charge in [-0.1, -0.05) is 66.7 Å². The Balaban J connectivity index is 0.000000628. The summed E-state index contributed by atoms with van der Waals surface area (Å²) in [6.45, 7) is 0.972. The van der Waals surface area contributed by atoms with Crippen molar-refractivity contribution >= 4 is 34.4 Å². The quantitative estimate of drug-likeness (QED) is 0.459. The molecule has 0 heterocycles. The fraction of sp³-hybridized carbons (Fsp3) is 0.0741. The maximum Gasteiger partial charge on any atom is 0.162 e. The summed E-state index contributed by atoms with van der Waals surface area (Å²) >= 11 is 0. The lowest BCUT2D eigenvalue weighted by molar-refractivity contribution is -0.302. The van der Waals surface area contributed by atoms with Crippen LogP contribution in [-0.2, 0) is 4.79 Å². The van der Waals surface area contributed by atoms with Gasteiger partial charge in [-0.05, 0) is 55.5 Å². The molecule has 156 valence electrons. The van der Waals surface area contributed by atoms with E-state index in [1.54, 1.807) is 7.11 Å². The molecule has 0 spiro atoms. The molecule has 4 rings (SSSR count). The third-order valence-corrected chi connectivity index (χ3v) is 9.19. The van der Waals surface area contributed by atoms with Gasteiger partial charge in [0.15, 0.2) is 11.1 Å². The van der Waals surface area contributed by atoms with E-state index in [0.29, 0.717) is 0 Å². The van der Waals surface area contributed by atoms with Gasteiger partial charge in [-0.25, -0.2) is 0 Å². The lowest BCUT2D eigenvalue weighted by Crippen LogP contribution is -2.39. The van der Waals surface area contributed by atoms with Crippen molar-refractivity contribution in [3.8, 4) is 5.75 Å². The van der Waals surface area contributed by atoms with Crippen molar-refractivity contribution in [2.75, 3.05) is 7.11 Å². The maximum atomic E-state index is 8.89. The first-order chi connectivity index (χ1) is 15.1. The van der Waals surface area contributed by atoms with Crippen LogP contribution in [0, 0.1) is 0 Å². The molecule has 0 N–H and O–H groups in total. The number of carboxylic acids is 1. The molecule has 4 aromatic rings. The molecule has 3 nitrogen and oxygen atoms in total. The number of ether oxygens (including phenoxy) is 1. The Morgan fingerprint density at radius 3 is 1.32 bits per heavy atom. The highest BCUT2D eigenvalue weighted by molar-refractivity contribution is 8.01. The Morgan fingerprint density at radius 2 is 0.968 bits per heavy atom. The number of carbonyl (C=O) groups excluding carboxylic acids is 1. The van der Waals surface area contributed by atoms with Crippen molar-refractivity contribution in [2.45, 2.75) is 6.92 Å². The van der Waals surface area contributed by atoms with Crippen molar-refractivity contribution in [1.29, 1.82) is 0 Å². The normalized spacial score (nSPS) is 10.5. The molecule has 0 bridgehead atoms. The number of rotatable bonds is 5. The van der Waals surface area contributed by atoms with Crippen LogP contribution in [0.1, 0.15) is 6.92 Å². The molecule has 0 fully saturated rings. The Hall–Kier alpha value is -3.42. The van der Waals surface area contributed by atoms with Crippen LogP contribution in [0.3, 0.4) is 0 Å². The largest absolute Gasteiger partial charge is 0.550 e. The summed E-state index contributed by atoms with van der Waals surface area (Å²) in [6.07, 6.45) is 0. The van der Waals surface area contributed by atoms with Crippen molar-refractivity contribution in [2.24, 2.45) is 0 Å². The molecular formula is C27H25O3P. The van der Waals surface area contributed by atoms with E-state index in [9.17, 15) is 0 Å². The molecule has 4 heteroatoms. The van der Waals surface area contributed by atoms with Crippen molar-refractivity contribution in [1.82, 2.24) is 0 Å². The average molecular weight is 428 g/mol. The summed E-state index contributed by atoms with van der Waals surface area (Å²) in [5.41, 5.74) is 0. The second-order valence-corrected chi connectivity index (χ2v) is 10.2. The Bertz CT molecular complexity index is 996. The zero-order valence-electron chi connectivity index (χ0n) is 17.6. The monoisotopic (exact) mass is 428 g/mol. The van der Waals surface area contributed by atoms with Gasteiger partial charge >= 0.3 is 0 Å². The lowest BCUT2D eigenvalue weighted by Gasteiger charge is -2.28. The van der Waals surface area contributed by atoms with Crippen LogP contribution in [0.5, 0.6) is 5.75 Å². The van der Waals surface area contributed by atoms with Crippen LogP contribution in [0.15, 0.2) is 115 Å². The first kappa shape index (κ1) is 22.3. The second-order valence-electron chi connectivity index (χ2n) is 6.84. The number of para-hydroxylation sites is 1. The van der Waals surface area contributed by atoms with E-state index in [0.717, 1.165) is 12.7 Å². The number of hydrogen-bond acceptors (Lipinski definition) is 3. The Labute approximate surface area is 184 Å². The first-order valence-electron chi connectivity index (χ1n) is 9.97. The summed E-state index contributed by atoms with van der Waals surface area (Å²) in [6, 6.07) is 41.0. The minimum absolute atomic E-state index is 0.933. The minimum Gasteiger partial charge on any atom is -0.550 e. The average Bonchev–Trinajstić information content (AvgIpc) is 2.82. The van der Waals surface area contributed by atoms with E-state index < -0.39 is 13.2 Å².